The second kappa shape index (κ2) is 9.88. The van der Waals surface area contributed by atoms with Crippen molar-refractivity contribution in [3.8, 4) is 11.5 Å². The van der Waals surface area contributed by atoms with Gasteiger partial charge in [-0.25, -0.2) is 0 Å². The fourth-order valence-corrected chi connectivity index (χ4v) is 2.79. The van der Waals surface area contributed by atoms with Gasteiger partial charge in [0.2, 0.25) is 0 Å². The van der Waals surface area contributed by atoms with Crippen LogP contribution in [0.4, 0.5) is 0 Å². The minimum atomic E-state index is -0.0272. The molecule has 3 N–H and O–H groups in total. The largest absolute Gasteiger partial charge is 0.490 e. The van der Waals surface area contributed by atoms with E-state index in [2.05, 4.69) is 10.6 Å². The number of hydrogen-bond acceptors (Lipinski definition) is 4. The van der Waals surface area contributed by atoms with Crippen molar-refractivity contribution in [2.75, 3.05) is 45.9 Å². The smallest absolute Gasteiger partial charge is 0.275 e. The van der Waals surface area contributed by atoms with Crippen LogP contribution >= 0.6 is 0 Å². The van der Waals surface area contributed by atoms with Gasteiger partial charge in [0.25, 0.3) is 11.8 Å². The first kappa shape index (κ1) is 19.1. The van der Waals surface area contributed by atoms with E-state index in [4.69, 9.17) is 9.47 Å². The van der Waals surface area contributed by atoms with E-state index in [1.54, 1.807) is 0 Å². The van der Waals surface area contributed by atoms with Gasteiger partial charge in [-0.05, 0) is 38.0 Å². The Morgan fingerprint density at radius 2 is 2.00 bits per heavy atom. The normalized spacial score (nSPS) is 16.9. The molecule has 1 aliphatic heterocycles. The van der Waals surface area contributed by atoms with E-state index >= 15 is 0 Å². The molecule has 1 unspecified atom stereocenters. The number of carbonyl (C=O) groups excluding carboxylic acids is 2. The fraction of sp³-hybridized carbons (Fsp3) is 0.556. The van der Waals surface area contributed by atoms with E-state index in [1.165, 1.54) is 0 Å². The van der Waals surface area contributed by atoms with Gasteiger partial charge in [0.1, 0.15) is 0 Å². The van der Waals surface area contributed by atoms with Crippen LogP contribution in [0.5, 0.6) is 11.5 Å². The Kier molecular flexibility index (Phi) is 7.53. The van der Waals surface area contributed by atoms with Crippen molar-refractivity contribution in [1.82, 2.24) is 10.6 Å². The molecular weight excluding hydrogens is 322 g/mol. The molecule has 1 aromatic carbocycles. The van der Waals surface area contributed by atoms with Gasteiger partial charge in [-0.15, -0.1) is 0 Å². The van der Waals surface area contributed by atoms with Crippen LogP contribution < -0.4 is 25.0 Å². The molecule has 7 nitrogen and oxygen atoms in total. The van der Waals surface area contributed by atoms with Gasteiger partial charge < -0.3 is 25.0 Å². The van der Waals surface area contributed by atoms with E-state index in [0.29, 0.717) is 45.8 Å². The Bertz CT molecular complexity index is 592. The molecule has 2 rings (SSSR count). The molecule has 0 aliphatic carbocycles. The van der Waals surface area contributed by atoms with Crippen molar-refractivity contribution in [1.29, 1.82) is 0 Å². The minimum absolute atomic E-state index is 0.00638. The third kappa shape index (κ3) is 6.26. The molecule has 0 bridgehead atoms. The van der Waals surface area contributed by atoms with E-state index < -0.39 is 0 Å². The maximum Gasteiger partial charge on any atom is 0.275 e. The molecule has 138 valence electrons. The highest BCUT2D eigenvalue weighted by atomic mass is 16.5. The Labute approximate surface area is 148 Å². The third-order valence-corrected chi connectivity index (χ3v) is 3.97. The topological polar surface area (TPSA) is 81.1 Å². The number of carbonyl (C=O) groups is 2. The van der Waals surface area contributed by atoms with Crippen LogP contribution in [-0.2, 0) is 16.0 Å². The molecule has 0 radical (unpaired) electrons. The quantitative estimate of drug-likeness (QED) is 0.542. The molecule has 0 aromatic heterocycles. The van der Waals surface area contributed by atoms with Gasteiger partial charge in [-0.2, -0.15) is 0 Å². The molecule has 1 fully saturated rings. The average Bonchev–Trinajstić information content (AvgIpc) is 2.57. The summed E-state index contributed by atoms with van der Waals surface area (Å²) >= 11 is 0. The summed E-state index contributed by atoms with van der Waals surface area (Å²) < 4.78 is 11.2. The van der Waals surface area contributed by atoms with Crippen molar-refractivity contribution in [3.05, 3.63) is 23.8 Å². The maximum atomic E-state index is 12.0. The van der Waals surface area contributed by atoms with Crippen LogP contribution in [0.3, 0.4) is 0 Å². The maximum absolute atomic E-state index is 12.0. The Hall–Kier alpha value is -2.28. The lowest BCUT2D eigenvalue weighted by Gasteiger charge is -2.22. The zero-order valence-electron chi connectivity index (χ0n) is 15.0. The number of piperazine rings is 1. The molecule has 7 heteroatoms. The molecule has 1 saturated heterocycles. The summed E-state index contributed by atoms with van der Waals surface area (Å²) in [6.07, 6.45) is 0.716. The van der Waals surface area contributed by atoms with Crippen molar-refractivity contribution >= 4 is 11.8 Å². The minimum Gasteiger partial charge on any atom is -0.490 e. The van der Waals surface area contributed by atoms with E-state index in [9.17, 15) is 9.59 Å². The van der Waals surface area contributed by atoms with Crippen LogP contribution in [0.25, 0.3) is 0 Å². The van der Waals surface area contributed by atoms with Gasteiger partial charge in [0.15, 0.2) is 24.6 Å². The van der Waals surface area contributed by atoms with Gasteiger partial charge in [-0.3, -0.25) is 9.59 Å². The first-order chi connectivity index (χ1) is 12.1. The number of benzene rings is 1. The molecule has 1 aromatic rings. The molecule has 2 amide bonds. The van der Waals surface area contributed by atoms with Crippen LogP contribution in [-0.4, -0.2) is 57.8 Å². The predicted molar refractivity (Wildman–Crippen MR) is 94.1 cm³/mol. The Morgan fingerprint density at radius 3 is 2.72 bits per heavy atom. The molecular formula is C18H28N3O4+. The van der Waals surface area contributed by atoms with Crippen molar-refractivity contribution in [2.45, 2.75) is 20.3 Å². The summed E-state index contributed by atoms with van der Waals surface area (Å²) in [4.78, 5) is 24.3. The molecule has 0 saturated carbocycles. The molecule has 1 heterocycles. The van der Waals surface area contributed by atoms with E-state index in [-0.39, 0.29) is 11.8 Å². The highest BCUT2D eigenvalue weighted by Crippen LogP contribution is 2.28. The summed E-state index contributed by atoms with van der Waals surface area (Å²) in [7, 11) is 0. The van der Waals surface area contributed by atoms with Crippen LogP contribution in [0.2, 0.25) is 0 Å². The second-order valence-corrected chi connectivity index (χ2v) is 5.95. The number of hydrogen-bond donors (Lipinski definition) is 3. The van der Waals surface area contributed by atoms with Gasteiger partial charge in [-0.1, -0.05) is 6.07 Å². The summed E-state index contributed by atoms with van der Waals surface area (Å²) in [5.41, 5.74) is 1.08. The second-order valence-electron chi connectivity index (χ2n) is 5.95. The summed E-state index contributed by atoms with van der Waals surface area (Å²) in [6, 6.07) is 5.85. The fourth-order valence-electron chi connectivity index (χ4n) is 2.79. The van der Waals surface area contributed by atoms with Crippen molar-refractivity contribution < 1.29 is 24.0 Å². The summed E-state index contributed by atoms with van der Waals surface area (Å²) in [6.45, 7) is 7.71. The van der Waals surface area contributed by atoms with Crippen LogP contribution in [0.1, 0.15) is 19.4 Å². The molecule has 1 aliphatic rings. The molecule has 25 heavy (non-hydrogen) atoms. The first-order valence-electron chi connectivity index (χ1n) is 8.87. The first-order valence-corrected chi connectivity index (χ1v) is 8.87. The monoisotopic (exact) mass is 350 g/mol. The molecule has 0 spiro atoms. The predicted octanol–water partition coefficient (Wildman–Crippen LogP) is -0.843. The third-order valence-electron chi connectivity index (χ3n) is 3.97. The SMILES string of the molecule is CCOc1ccc(CCNC(=O)C[NH+]2CCNC(=O)C2)cc1OCC. The number of rotatable bonds is 9. The van der Waals surface area contributed by atoms with E-state index in [0.717, 1.165) is 28.5 Å². The lowest BCUT2D eigenvalue weighted by molar-refractivity contribution is -0.885. The Balaban J connectivity index is 1.79. The van der Waals surface area contributed by atoms with E-state index in [1.807, 2.05) is 32.0 Å². The Morgan fingerprint density at radius 1 is 1.24 bits per heavy atom. The molecule has 1 atom stereocenters. The zero-order chi connectivity index (χ0) is 18.1. The lowest BCUT2D eigenvalue weighted by atomic mass is 10.1. The standard InChI is InChI=1S/C18H27N3O4/c1-3-24-15-6-5-14(11-16(15)25-4-2)7-8-19-17(22)12-21-10-9-20-18(23)13-21/h5-6,11H,3-4,7-10,12-13H2,1-2H3,(H,19,22)(H,20,23)/p+1. The lowest BCUT2D eigenvalue weighted by Crippen LogP contribution is -3.16. The zero-order valence-corrected chi connectivity index (χ0v) is 15.0. The number of amides is 2. The van der Waals surface area contributed by atoms with Crippen LogP contribution in [0, 0.1) is 0 Å². The average molecular weight is 350 g/mol. The van der Waals surface area contributed by atoms with Crippen molar-refractivity contribution in [3.63, 3.8) is 0 Å². The summed E-state index contributed by atoms with van der Waals surface area (Å²) in [5.74, 6) is 1.45. The van der Waals surface area contributed by atoms with Crippen LogP contribution in [0.15, 0.2) is 18.2 Å². The van der Waals surface area contributed by atoms with Crippen molar-refractivity contribution in [2.24, 2.45) is 0 Å². The van der Waals surface area contributed by atoms with Gasteiger partial charge in [0.05, 0.1) is 26.3 Å². The van der Waals surface area contributed by atoms with Gasteiger partial charge in [0, 0.05) is 6.54 Å². The number of quaternary nitrogens is 1. The number of nitrogens with one attached hydrogen (secondary N) is 3. The van der Waals surface area contributed by atoms with Gasteiger partial charge >= 0.3 is 0 Å². The summed E-state index contributed by atoms with van der Waals surface area (Å²) in [5, 5.41) is 5.69. The highest BCUT2D eigenvalue weighted by molar-refractivity contribution is 5.79. The number of ether oxygens (including phenoxy) is 2. The highest BCUT2D eigenvalue weighted by Gasteiger charge is 2.21.